The molecule has 0 spiro atoms. The number of H-pyrrole nitrogens is 1. The van der Waals surface area contributed by atoms with Gasteiger partial charge in [0, 0.05) is 25.1 Å². The molecule has 0 fully saturated rings. The number of aromatic amines is 1. The molecule has 0 aliphatic carbocycles. The van der Waals surface area contributed by atoms with Gasteiger partial charge in [-0.1, -0.05) is 12.1 Å². The van der Waals surface area contributed by atoms with Crippen LogP contribution in [0, 0.1) is 5.82 Å². The van der Waals surface area contributed by atoms with Crippen LogP contribution >= 0.6 is 0 Å². The summed E-state index contributed by atoms with van der Waals surface area (Å²) in [6.45, 7) is -0.0467. The number of carbonyl (C=O) groups excluding carboxylic acids is 2. The zero-order valence-corrected chi connectivity index (χ0v) is 15.4. The summed E-state index contributed by atoms with van der Waals surface area (Å²) in [6, 6.07) is 11.6. The molecule has 2 amide bonds. The molecule has 0 saturated heterocycles. The number of nitrogens with two attached hydrogens (primary N) is 1. The maximum atomic E-state index is 13.2. The highest BCUT2D eigenvalue weighted by Crippen LogP contribution is 2.16. The average molecular weight is 398 g/mol. The Kier molecular flexibility index (Phi) is 5.87. The SMILES string of the molecule is NC(=O)CCN(C(=O)CCn1[nH]c(=O)c2ccccc2c1=O)c1ccc(F)cc1. The third-order valence-corrected chi connectivity index (χ3v) is 4.45. The Balaban J connectivity index is 1.83. The van der Waals surface area contributed by atoms with Crippen LogP contribution in [-0.4, -0.2) is 28.1 Å². The van der Waals surface area contributed by atoms with Crippen molar-refractivity contribution in [2.45, 2.75) is 19.4 Å². The van der Waals surface area contributed by atoms with Crippen molar-refractivity contribution >= 4 is 28.3 Å². The summed E-state index contributed by atoms with van der Waals surface area (Å²) in [5.74, 6) is -1.45. The number of primary amides is 1. The predicted molar refractivity (Wildman–Crippen MR) is 106 cm³/mol. The standard InChI is InChI=1S/C20H19FN4O4/c21-13-5-7-14(8-6-13)24(11-9-17(22)26)18(27)10-12-25-20(29)16-4-2-1-3-15(16)19(28)23-25/h1-8H,9-12H2,(H2,22,26)(H,23,28). The van der Waals surface area contributed by atoms with E-state index < -0.39 is 28.8 Å². The lowest BCUT2D eigenvalue weighted by molar-refractivity contribution is -0.119. The maximum absolute atomic E-state index is 13.2. The van der Waals surface area contributed by atoms with Crippen molar-refractivity contribution in [3.63, 3.8) is 0 Å². The second kappa shape index (κ2) is 8.51. The fourth-order valence-corrected chi connectivity index (χ4v) is 2.99. The molecule has 29 heavy (non-hydrogen) atoms. The van der Waals surface area contributed by atoms with E-state index in [1.165, 1.54) is 29.2 Å². The van der Waals surface area contributed by atoms with Gasteiger partial charge < -0.3 is 10.6 Å². The Hall–Kier alpha value is -3.75. The van der Waals surface area contributed by atoms with Gasteiger partial charge in [-0.2, -0.15) is 0 Å². The fraction of sp³-hybridized carbons (Fsp3) is 0.200. The summed E-state index contributed by atoms with van der Waals surface area (Å²) in [6.07, 6.45) is -0.194. The Bertz CT molecular complexity index is 1170. The highest BCUT2D eigenvalue weighted by molar-refractivity contribution is 5.94. The van der Waals surface area contributed by atoms with E-state index in [-0.39, 0.29) is 36.7 Å². The van der Waals surface area contributed by atoms with Gasteiger partial charge in [0.1, 0.15) is 5.82 Å². The molecule has 3 aromatic rings. The van der Waals surface area contributed by atoms with E-state index in [4.69, 9.17) is 5.73 Å². The Morgan fingerprint density at radius 3 is 2.31 bits per heavy atom. The summed E-state index contributed by atoms with van der Waals surface area (Å²) in [7, 11) is 0. The number of nitrogens with one attached hydrogen (secondary N) is 1. The molecule has 150 valence electrons. The predicted octanol–water partition coefficient (Wildman–Crippen LogP) is 1.13. The number of amides is 2. The molecule has 9 heteroatoms. The first-order valence-corrected chi connectivity index (χ1v) is 8.93. The third-order valence-electron chi connectivity index (χ3n) is 4.45. The smallest absolute Gasteiger partial charge is 0.273 e. The molecular formula is C20H19FN4O4. The second-order valence-electron chi connectivity index (χ2n) is 6.43. The van der Waals surface area contributed by atoms with Crippen molar-refractivity contribution in [1.82, 2.24) is 9.78 Å². The Labute approximate surface area is 164 Å². The van der Waals surface area contributed by atoms with Crippen molar-refractivity contribution in [3.05, 3.63) is 75.1 Å². The summed E-state index contributed by atoms with van der Waals surface area (Å²) >= 11 is 0. The van der Waals surface area contributed by atoms with Crippen molar-refractivity contribution in [3.8, 4) is 0 Å². The molecule has 0 aliphatic rings. The molecule has 0 saturated carbocycles. The summed E-state index contributed by atoms with van der Waals surface area (Å²) in [5.41, 5.74) is 4.72. The molecule has 8 nitrogen and oxygen atoms in total. The molecule has 0 radical (unpaired) electrons. The number of halogens is 1. The van der Waals surface area contributed by atoms with E-state index in [0.717, 1.165) is 4.68 Å². The van der Waals surface area contributed by atoms with E-state index in [1.54, 1.807) is 24.3 Å². The van der Waals surface area contributed by atoms with Crippen LogP contribution in [-0.2, 0) is 16.1 Å². The molecule has 2 aromatic carbocycles. The van der Waals surface area contributed by atoms with Crippen LogP contribution in [0.2, 0.25) is 0 Å². The van der Waals surface area contributed by atoms with Crippen LogP contribution < -0.4 is 21.8 Å². The number of rotatable bonds is 7. The molecule has 0 aliphatic heterocycles. The zero-order valence-electron chi connectivity index (χ0n) is 15.4. The van der Waals surface area contributed by atoms with E-state index in [0.29, 0.717) is 5.69 Å². The molecule has 1 heterocycles. The normalized spacial score (nSPS) is 10.8. The van der Waals surface area contributed by atoms with Gasteiger partial charge in [-0.15, -0.1) is 0 Å². The first kappa shape index (κ1) is 20.0. The highest BCUT2D eigenvalue weighted by Gasteiger charge is 2.17. The lowest BCUT2D eigenvalue weighted by Crippen LogP contribution is -2.36. The van der Waals surface area contributed by atoms with Gasteiger partial charge in [0.05, 0.1) is 17.3 Å². The third kappa shape index (κ3) is 4.57. The molecule has 0 bridgehead atoms. The largest absolute Gasteiger partial charge is 0.370 e. The summed E-state index contributed by atoms with van der Waals surface area (Å²) < 4.78 is 14.3. The summed E-state index contributed by atoms with van der Waals surface area (Å²) in [4.78, 5) is 49.9. The van der Waals surface area contributed by atoms with Gasteiger partial charge in [0.25, 0.3) is 11.1 Å². The number of hydrogen-bond donors (Lipinski definition) is 2. The van der Waals surface area contributed by atoms with Crippen molar-refractivity contribution in [2.75, 3.05) is 11.4 Å². The average Bonchev–Trinajstić information content (AvgIpc) is 2.71. The van der Waals surface area contributed by atoms with Crippen LogP contribution in [0.15, 0.2) is 58.1 Å². The van der Waals surface area contributed by atoms with Crippen LogP contribution in [0.1, 0.15) is 12.8 Å². The van der Waals surface area contributed by atoms with Gasteiger partial charge in [-0.3, -0.25) is 24.3 Å². The zero-order chi connectivity index (χ0) is 21.0. The molecule has 3 N–H and O–H groups in total. The van der Waals surface area contributed by atoms with E-state index in [9.17, 15) is 23.6 Å². The first-order chi connectivity index (χ1) is 13.9. The van der Waals surface area contributed by atoms with Gasteiger partial charge in [-0.05, 0) is 36.4 Å². The monoisotopic (exact) mass is 398 g/mol. The quantitative estimate of drug-likeness (QED) is 0.620. The Morgan fingerprint density at radius 1 is 1.00 bits per heavy atom. The lowest BCUT2D eigenvalue weighted by atomic mass is 10.2. The van der Waals surface area contributed by atoms with Crippen molar-refractivity contribution in [1.29, 1.82) is 0 Å². The van der Waals surface area contributed by atoms with E-state index in [1.807, 2.05) is 0 Å². The number of aryl methyl sites for hydroxylation is 1. The number of benzene rings is 2. The molecular weight excluding hydrogens is 379 g/mol. The topological polar surface area (TPSA) is 118 Å². The number of fused-ring (bicyclic) bond motifs is 1. The van der Waals surface area contributed by atoms with Crippen molar-refractivity contribution < 1.29 is 14.0 Å². The minimum Gasteiger partial charge on any atom is -0.370 e. The number of aromatic nitrogens is 2. The molecule has 1 aromatic heterocycles. The lowest BCUT2D eigenvalue weighted by Gasteiger charge is -2.22. The van der Waals surface area contributed by atoms with Gasteiger partial charge >= 0.3 is 0 Å². The van der Waals surface area contributed by atoms with Gasteiger partial charge in [0.2, 0.25) is 11.8 Å². The van der Waals surface area contributed by atoms with E-state index in [2.05, 4.69) is 5.10 Å². The number of hydrogen-bond acceptors (Lipinski definition) is 4. The molecule has 0 atom stereocenters. The highest BCUT2D eigenvalue weighted by atomic mass is 19.1. The van der Waals surface area contributed by atoms with Crippen molar-refractivity contribution in [2.24, 2.45) is 5.73 Å². The minimum atomic E-state index is -0.583. The minimum absolute atomic E-state index is 0.0168. The van der Waals surface area contributed by atoms with E-state index >= 15 is 0 Å². The number of nitrogens with zero attached hydrogens (tertiary/aromatic N) is 2. The molecule has 0 unspecified atom stereocenters. The van der Waals surface area contributed by atoms with Crippen LogP contribution in [0.3, 0.4) is 0 Å². The summed E-state index contributed by atoms with van der Waals surface area (Å²) in [5, 5.41) is 2.99. The van der Waals surface area contributed by atoms with Crippen LogP contribution in [0.25, 0.3) is 10.8 Å². The number of anilines is 1. The van der Waals surface area contributed by atoms with Crippen LogP contribution in [0.5, 0.6) is 0 Å². The number of carbonyl (C=O) groups is 2. The second-order valence-corrected chi connectivity index (χ2v) is 6.43. The Morgan fingerprint density at radius 2 is 1.66 bits per heavy atom. The van der Waals surface area contributed by atoms with Crippen LogP contribution in [0.4, 0.5) is 10.1 Å². The first-order valence-electron chi connectivity index (χ1n) is 8.93. The van der Waals surface area contributed by atoms with Gasteiger partial charge in [-0.25, -0.2) is 9.07 Å². The maximum Gasteiger partial charge on any atom is 0.273 e. The fourth-order valence-electron chi connectivity index (χ4n) is 2.99. The van der Waals surface area contributed by atoms with Gasteiger partial charge in [0.15, 0.2) is 0 Å². The molecule has 3 rings (SSSR count).